The number of carbonyl (C=O) groups is 2. The highest BCUT2D eigenvalue weighted by atomic mass is 16.3. The molecule has 9 heavy (non-hydrogen) atoms. The van der Waals surface area contributed by atoms with Crippen LogP contribution < -0.4 is 0 Å². The highest BCUT2D eigenvalue weighted by Crippen LogP contribution is 1.92. The van der Waals surface area contributed by atoms with Gasteiger partial charge in [-0.3, -0.25) is 9.59 Å². The smallest absolute Gasteiger partial charge is 0.158 e. The van der Waals surface area contributed by atoms with Crippen molar-refractivity contribution in [2.24, 2.45) is 0 Å². The van der Waals surface area contributed by atoms with Crippen LogP contribution >= 0.6 is 0 Å². The molecule has 1 atom stereocenters. The fourth-order valence-electron chi connectivity index (χ4n) is 0.359. The molecule has 0 fully saturated rings. The van der Waals surface area contributed by atoms with Gasteiger partial charge in [0.15, 0.2) is 5.78 Å². The maximum atomic E-state index is 10.2. The summed E-state index contributed by atoms with van der Waals surface area (Å²) >= 11 is 0. The lowest BCUT2D eigenvalue weighted by molar-refractivity contribution is -0.129. The molecule has 3 heteroatoms. The molecule has 0 bridgehead atoms. The average Bonchev–Trinajstić information content (AvgIpc) is 1.63. The largest absolute Gasteiger partial charge is 0.385 e. The minimum absolute atomic E-state index is 0.171. The number of Topliss-reactive ketones (excluding diaryl/α,β-unsaturated/α-hetero) is 2. The highest BCUT2D eigenvalue weighted by Gasteiger charge is 2.10. The van der Waals surface area contributed by atoms with E-state index in [1.165, 1.54) is 6.92 Å². The van der Waals surface area contributed by atoms with Crippen molar-refractivity contribution in [3.63, 3.8) is 0 Å². The highest BCUT2D eigenvalue weighted by molar-refractivity contribution is 5.89. The first-order valence-corrected chi connectivity index (χ1v) is 2.57. The van der Waals surface area contributed by atoms with Gasteiger partial charge in [0.2, 0.25) is 0 Å². The molecule has 1 N–H and O–H groups in total. The van der Waals surface area contributed by atoms with Gasteiger partial charge in [-0.2, -0.15) is 0 Å². The number of hydrogen-bond donors (Lipinski definition) is 1. The van der Waals surface area contributed by atoms with Crippen molar-refractivity contribution in [2.45, 2.75) is 19.4 Å². The minimum Gasteiger partial charge on any atom is -0.385 e. The minimum atomic E-state index is -1.16. The fourth-order valence-corrected chi connectivity index (χ4v) is 0.359. The predicted octanol–water partition coefficient (Wildman–Crippen LogP) is -0.270. The first kappa shape index (κ1) is 8.30. The molecule has 0 saturated heterocycles. The van der Waals surface area contributed by atoms with Crippen LogP contribution in [0.15, 0.2) is 0 Å². The maximum absolute atomic E-state index is 10.2. The molecule has 0 saturated carbocycles. The summed E-state index contributed by atoms with van der Waals surface area (Å²) in [7, 11) is 0. The van der Waals surface area contributed by atoms with Crippen LogP contribution in [-0.2, 0) is 9.59 Å². The summed E-state index contributed by atoms with van der Waals surface area (Å²) < 4.78 is 0. The summed E-state index contributed by atoms with van der Waals surface area (Å²) in [6, 6.07) is 0. The van der Waals surface area contributed by atoms with Crippen molar-refractivity contribution < 1.29 is 14.7 Å². The number of aliphatic hydroxyl groups excluding tert-OH is 1. The Morgan fingerprint density at radius 2 is 2.11 bits per heavy atom. The fraction of sp³-hybridized carbons (Fsp3) is 0.500. The van der Waals surface area contributed by atoms with Gasteiger partial charge in [-0.15, -0.1) is 0 Å². The molecule has 1 radical (unpaired) electrons. The zero-order valence-electron chi connectivity index (χ0n) is 5.26. The Bertz CT molecular complexity index is 128. The average molecular weight is 129 g/mol. The Labute approximate surface area is 53.7 Å². The second-order valence-corrected chi connectivity index (χ2v) is 1.87. The molecule has 0 aliphatic heterocycles. The van der Waals surface area contributed by atoms with Gasteiger partial charge in [0, 0.05) is 13.3 Å². The summed E-state index contributed by atoms with van der Waals surface area (Å²) in [5, 5.41) is 8.69. The normalized spacial score (nSPS) is 12.8. The van der Waals surface area contributed by atoms with Crippen LogP contribution in [0.4, 0.5) is 0 Å². The number of rotatable bonds is 3. The van der Waals surface area contributed by atoms with Crippen LogP contribution in [0.1, 0.15) is 13.3 Å². The first-order chi connectivity index (χ1) is 4.04. The Morgan fingerprint density at radius 1 is 1.67 bits per heavy atom. The van der Waals surface area contributed by atoms with Gasteiger partial charge >= 0.3 is 0 Å². The number of ketones is 2. The van der Waals surface area contributed by atoms with E-state index in [1.807, 2.05) is 0 Å². The lowest BCUT2D eigenvalue weighted by Crippen LogP contribution is -2.19. The Hall–Kier alpha value is -0.700. The Kier molecular flexibility index (Phi) is 3.09. The van der Waals surface area contributed by atoms with Crippen molar-refractivity contribution in [3.05, 3.63) is 6.92 Å². The molecule has 0 rings (SSSR count). The molecule has 0 heterocycles. The second kappa shape index (κ2) is 3.35. The van der Waals surface area contributed by atoms with Gasteiger partial charge in [-0.1, -0.05) is 0 Å². The van der Waals surface area contributed by atoms with E-state index in [0.717, 1.165) is 0 Å². The van der Waals surface area contributed by atoms with Crippen LogP contribution in [0.2, 0.25) is 0 Å². The van der Waals surface area contributed by atoms with Gasteiger partial charge in [0.1, 0.15) is 11.9 Å². The summed E-state index contributed by atoms with van der Waals surface area (Å²) in [4.78, 5) is 20.4. The number of carbonyl (C=O) groups excluding carboxylic acids is 2. The van der Waals surface area contributed by atoms with Crippen molar-refractivity contribution >= 4 is 11.6 Å². The molecule has 0 aromatic carbocycles. The van der Waals surface area contributed by atoms with Gasteiger partial charge in [-0.25, -0.2) is 0 Å². The van der Waals surface area contributed by atoms with E-state index in [9.17, 15) is 9.59 Å². The van der Waals surface area contributed by atoms with Crippen molar-refractivity contribution in [2.75, 3.05) is 0 Å². The van der Waals surface area contributed by atoms with E-state index in [-0.39, 0.29) is 6.42 Å². The second-order valence-electron chi connectivity index (χ2n) is 1.87. The molecule has 0 aliphatic rings. The van der Waals surface area contributed by atoms with Crippen LogP contribution in [0.3, 0.4) is 0 Å². The molecule has 0 aromatic heterocycles. The number of hydrogen-bond acceptors (Lipinski definition) is 3. The summed E-state index contributed by atoms with van der Waals surface area (Å²) in [5.74, 6) is -0.815. The van der Waals surface area contributed by atoms with Gasteiger partial charge < -0.3 is 5.11 Å². The molecule has 0 aromatic rings. The van der Waals surface area contributed by atoms with E-state index in [1.54, 1.807) is 0 Å². The van der Waals surface area contributed by atoms with E-state index >= 15 is 0 Å². The zero-order chi connectivity index (χ0) is 7.44. The molecule has 0 spiro atoms. The third-order valence-corrected chi connectivity index (χ3v) is 0.890. The van der Waals surface area contributed by atoms with E-state index < -0.39 is 17.7 Å². The summed E-state index contributed by atoms with van der Waals surface area (Å²) in [5.41, 5.74) is 0. The predicted molar refractivity (Wildman–Crippen MR) is 31.7 cm³/mol. The first-order valence-electron chi connectivity index (χ1n) is 2.57. The SMILES string of the molecule is [CH2]C(=O)CC(O)C(C)=O. The third-order valence-electron chi connectivity index (χ3n) is 0.890. The van der Waals surface area contributed by atoms with Gasteiger partial charge in [0.05, 0.1) is 0 Å². The molecule has 3 nitrogen and oxygen atoms in total. The van der Waals surface area contributed by atoms with Crippen LogP contribution in [0.25, 0.3) is 0 Å². The van der Waals surface area contributed by atoms with Gasteiger partial charge in [0.25, 0.3) is 0 Å². The lowest BCUT2D eigenvalue weighted by atomic mass is 10.1. The zero-order valence-corrected chi connectivity index (χ0v) is 5.26. The Morgan fingerprint density at radius 3 is 2.22 bits per heavy atom. The number of aliphatic hydroxyl groups is 1. The van der Waals surface area contributed by atoms with E-state index in [2.05, 4.69) is 6.92 Å². The Balaban J connectivity index is 3.63. The molecule has 1 unspecified atom stereocenters. The topological polar surface area (TPSA) is 54.4 Å². The standard InChI is InChI=1S/C6H9O3/c1-4(7)3-6(9)5(2)8/h6,9H,1,3H2,2H3. The van der Waals surface area contributed by atoms with Crippen molar-refractivity contribution in [1.29, 1.82) is 0 Å². The lowest BCUT2D eigenvalue weighted by Gasteiger charge is -2.00. The van der Waals surface area contributed by atoms with E-state index in [0.29, 0.717) is 0 Å². The van der Waals surface area contributed by atoms with Crippen molar-refractivity contribution in [1.82, 2.24) is 0 Å². The summed E-state index contributed by atoms with van der Waals surface area (Å²) in [6.07, 6.45) is -1.33. The molecule has 0 amide bonds. The van der Waals surface area contributed by atoms with Crippen molar-refractivity contribution in [3.8, 4) is 0 Å². The quantitative estimate of drug-likeness (QED) is 0.570. The van der Waals surface area contributed by atoms with Crippen LogP contribution in [-0.4, -0.2) is 22.8 Å². The monoisotopic (exact) mass is 129 g/mol. The third kappa shape index (κ3) is 3.85. The van der Waals surface area contributed by atoms with E-state index in [4.69, 9.17) is 5.11 Å². The molecular formula is C6H9O3. The van der Waals surface area contributed by atoms with Gasteiger partial charge in [-0.05, 0) is 6.92 Å². The summed E-state index contributed by atoms with van der Waals surface area (Å²) in [6.45, 7) is 4.24. The van der Waals surface area contributed by atoms with Crippen LogP contribution in [0, 0.1) is 6.92 Å². The molecular weight excluding hydrogens is 120 g/mol. The maximum Gasteiger partial charge on any atom is 0.158 e. The molecule has 51 valence electrons. The molecule has 0 aliphatic carbocycles. The van der Waals surface area contributed by atoms with Crippen LogP contribution in [0.5, 0.6) is 0 Å².